The van der Waals surface area contributed by atoms with E-state index < -0.39 is 0 Å². The van der Waals surface area contributed by atoms with Crippen molar-refractivity contribution in [1.82, 2.24) is 10.2 Å². The fraction of sp³-hybridized carbons (Fsp3) is 0.556. The lowest BCUT2D eigenvalue weighted by atomic mass is 9.88. The fourth-order valence-electron chi connectivity index (χ4n) is 0.985. The van der Waals surface area contributed by atoms with E-state index in [0.717, 1.165) is 5.56 Å². The molecule has 1 aromatic heterocycles. The normalized spacial score (nSPS) is 11.5. The second-order valence-corrected chi connectivity index (χ2v) is 4.20. The van der Waals surface area contributed by atoms with Gasteiger partial charge in [0, 0.05) is 11.6 Å². The second-order valence-electron chi connectivity index (χ2n) is 3.84. The van der Waals surface area contributed by atoms with Gasteiger partial charge in [0.05, 0.1) is 7.11 Å². The molecule has 3 nitrogen and oxygen atoms in total. The van der Waals surface area contributed by atoms with Crippen LogP contribution in [0.25, 0.3) is 0 Å². The van der Waals surface area contributed by atoms with E-state index in [9.17, 15) is 0 Å². The molecule has 1 aromatic rings. The average molecular weight is 201 g/mol. The van der Waals surface area contributed by atoms with Crippen LogP contribution in [0.3, 0.4) is 0 Å². The van der Waals surface area contributed by atoms with E-state index >= 15 is 0 Å². The van der Waals surface area contributed by atoms with Gasteiger partial charge in [-0.15, -0.1) is 10.2 Å². The zero-order valence-electron chi connectivity index (χ0n) is 8.26. The minimum Gasteiger partial charge on any atom is -0.480 e. The van der Waals surface area contributed by atoms with Crippen LogP contribution in [0.2, 0.25) is 5.15 Å². The van der Waals surface area contributed by atoms with Crippen LogP contribution in [0.15, 0.2) is 6.07 Å². The van der Waals surface area contributed by atoms with Crippen molar-refractivity contribution in [3.63, 3.8) is 0 Å². The Bertz CT molecular complexity index is 307. The zero-order chi connectivity index (χ0) is 10.1. The van der Waals surface area contributed by atoms with E-state index in [-0.39, 0.29) is 5.41 Å². The molecular weight excluding hydrogens is 188 g/mol. The van der Waals surface area contributed by atoms with Crippen molar-refractivity contribution >= 4 is 11.6 Å². The number of hydrogen-bond donors (Lipinski definition) is 0. The molecule has 1 heterocycles. The molecule has 0 fully saturated rings. The average Bonchev–Trinajstić information content (AvgIpc) is 2.03. The summed E-state index contributed by atoms with van der Waals surface area (Å²) in [4.78, 5) is 0. The largest absolute Gasteiger partial charge is 0.480 e. The molecule has 0 aliphatic heterocycles. The first kappa shape index (κ1) is 10.3. The molecule has 4 heteroatoms. The molecule has 0 atom stereocenters. The number of nitrogens with zero attached hydrogens (tertiary/aromatic N) is 2. The molecule has 0 N–H and O–H groups in total. The number of hydrogen-bond acceptors (Lipinski definition) is 3. The molecule has 0 radical (unpaired) electrons. The van der Waals surface area contributed by atoms with E-state index in [4.69, 9.17) is 16.3 Å². The second kappa shape index (κ2) is 3.50. The predicted molar refractivity (Wildman–Crippen MR) is 52.3 cm³/mol. The molecule has 0 amide bonds. The summed E-state index contributed by atoms with van der Waals surface area (Å²) >= 11 is 5.91. The maximum atomic E-state index is 5.91. The fourth-order valence-corrected chi connectivity index (χ4v) is 1.36. The first-order valence-corrected chi connectivity index (χ1v) is 4.40. The molecular formula is C9H13ClN2O. The SMILES string of the molecule is COc1cc(C(C)(C)C)c(Cl)nn1. The van der Waals surface area contributed by atoms with Crippen LogP contribution in [-0.2, 0) is 5.41 Å². The highest BCUT2D eigenvalue weighted by atomic mass is 35.5. The number of halogens is 1. The standard InChI is InChI=1S/C9H13ClN2O/c1-9(2,3)6-5-7(13-4)11-12-8(6)10/h5H,1-4H3. The number of aromatic nitrogens is 2. The molecule has 0 saturated carbocycles. The molecule has 13 heavy (non-hydrogen) atoms. The minimum atomic E-state index is -0.0414. The first-order chi connectivity index (χ1) is 5.95. The molecule has 0 saturated heterocycles. The Hall–Kier alpha value is -0.830. The van der Waals surface area contributed by atoms with Gasteiger partial charge in [-0.25, -0.2) is 0 Å². The molecule has 0 aromatic carbocycles. The third-order valence-corrected chi connectivity index (χ3v) is 2.02. The molecule has 0 spiro atoms. The molecule has 0 aliphatic carbocycles. The third kappa shape index (κ3) is 2.31. The van der Waals surface area contributed by atoms with Crippen LogP contribution in [-0.4, -0.2) is 17.3 Å². The summed E-state index contributed by atoms with van der Waals surface area (Å²) in [5.41, 5.74) is 0.904. The third-order valence-electron chi connectivity index (χ3n) is 1.74. The van der Waals surface area contributed by atoms with Gasteiger partial charge < -0.3 is 4.74 Å². The number of rotatable bonds is 1. The quantitative estimate of drug-likeness (QED) is 0.699. The van der Waals surface area contributed by atoms with Gasteiger partial charge in [0.1, 0.15) is 0 Å². The van der Waals surface area contributed by atoms with Gasteiger partial charge in [0.15, 0.2) is 5.15 Å². The van der Waals surface area contributed by atoms with Gasteiger partial charge in [0.25, 0.3) is 0 Å². The summed E-state index contributed by atoms with van der Waals surface area (Å²) in [6.45, 7) is 6.19. The van der Waals surface area contributed by atoms with Crippen molar-refractivity contribution in [2.24, 2.45) is 0 Å². The highest BCUT2D eigenvalue weighted by Crippen LogP contribution is 2.29. The van der Waals surface area contributed by atoms with Crippen molar-refractivity contribution in [2.45, 2.75) is 26.2 Å². The van der Waals surface area contributed by atoms with Gasteiger partial charge in [-0.3, -0.25) is 0 Å². The van der Waals surface area contributed by atoms with Crippen molar-refractivity contribution in [1.29, 1.82) is 0 Å². The first-order valence-electron chi connectivity index (χ1n) is 4.03. The Morgan fingerprint density at radius 2 is 1.92 bits per heavy atom. The minimum absolute atomic E-state index is 0.0414. The van der Waals surface area contributed by atoms with E-state index in [0.29, 0.717) is 11.0 Å². The zero-order valence-corrected chi connectivity index (χ0v) is 9.01. The Morgan fingerprint density at radius 1 is 1.31 bits per heavy atom. The van der Waals surface area contributed by atoms with E-state index in [1.807, 2.05) is 6.07 Å². The van der Waals surface area contributed by atoms with Crippen molar-refractivity contribution in [3.05, 3.63) is 16.8 Å². The lowest BCUT2D eigenvalue weighted by Gasteiger charge is -2.19. The van der Waals surface area contributed by atoms with Gasteiger partial charge in [-0.05, 0) is 5.41 Å². The smallest absolute Gasteiger partial charge is 0.233 e. The Balaban J connectivity index is 3.19. The topological polar surface area (TPSA) is 35.0 Å². The lowest BCUT2D eigenvalue weighted by molar-refractivity contribution is 0.389. The van der Waals surface area contributed by atoms with Gasteiger partial charge in [-0.1, -0.05) is 32.4 Å². The highest BCUT2D eigenvalue weighted by Gasteiger charge is 2.19. The van der Waals surface area contributed by atoms with Crippen molar-refractivity contribution in [3.8, 4) is 5.88 Å². The van der Waals surface area contributed by atoms with E-state index in [1.54, 1.807) is 7.11 Å². The molecule has 0 unspecified atom stereocenters. The van der Waals surface area contributed by atoms with Crippen molar-refractivity contribution in [2.75, 3.05) is 7.11 Å². The summed E-state index contributed by atoms with van der Waals surface area (Å²) in [6, 6.07) is 1.81. The predicted octanol–water partition coefficient (Wildman–Crippen LogP) is 2.44. The Morgan fingerprint density at radius 3 is 2.38 bits per heavy atom. The Kier molecular flexibility index (Phi) is 2.76. The lowest BCUT2D eigenvalue weighted by Crippen LogP contribution is -2.13. The van der Waals surface area contributed by atoms with Gasteiger partial charge in [-0.2, -0.15) is 0 Å². The van der Waals surface area contributed by atoms with Gasteiger partial charge in [0.2, 0.25) is 5.88 Å². The summed E-state index contributed by atoms with van der Waals surface area (Å²) in [5.74, 6) is 0.495. The molecule has 0 aliphatic rings. The van der Waals surface area contributed by atoms with Crippen LogP contribution in [0.4, 0.5) is 0 Å². The van der Waals surface area contributed by atoms with E-state index in [1.165, 1.54) is 0 Å². The van der Waals surface area contributed by atoms with Gasteiger partial charge >= 0.3 is 0 Å². The van der Waals surface area contributed by atoms with Crippen LogP contribution in [0, 0.1) is 0 Å². The Labute approximate surface area is 83.1 Å². The van der Waals surface area contributed by atoms with E-state index in [2.05, 4.69) is 31.0 Å². The summed E-state index contributed by atoms with van der Waals surface area (Å²) in [5, 5.41) is 8.01. The monoisotopic (exact) mass is 200 g/mol. The number of ether oxygens (including phenoxy) is 1. The molecule has 1 rings (SSSR count). The van der Waals surface area contributed by atoms with Crippen LogP contribution >= 0.6 is 11.6 Å². The number of methoxy groups -OCH3 is 1. The molecule has 0 bridgehead atoms. The van der Waals surface area contributed by atoms with Crippen LogP contribution in [0.1, 0.15) is 26.3 Å². The summed E-state index contributed by atoms with van der Waals surface area (Å²) < 4.78 is 4.97. The molecule has 72 valence electrons. The maximum Gasteiger partial charge on any atom is 0.233 e. The summed E-state index contributed by atoms with van der Waals surface area (Å²) in [7, 11) is 1.56. The maximum absolute atomic E-state index is 5.91. The van der Waals surface area contributed by atoms with Crippen LogP contribution < -0.4 is 4.74 Å². The summed E-state index contributed by atoms with van der Waals surface area (Å²) in [6.07, 6.45) is 0. The van der Waals surface area contributed by atoms with Crippen molar-refractivity contribution < 1.29 is 4.74 Å². The highest BCUT2D eigenvalue weighted by molar-refractivity contribution is 6.30. The van der Waals surface area contributed by atoms with Crippen LogP contribution in [0.5, 0.6) is 5.88 Å².